The number of nitrogens with zero attached hydrogens (tertiary/aromatic N) is 4. The number of aromatic nitrogens is 4. The van der Waals surface area contributed by atoms with E-state index in [9.17, 15) is 9.59 Å². The second-order valence-electron chi connectivity index (χ2n) is 6.18. The van der Waals surface area contributed by atoms with Crippen LogP contribution in [0.3, 0.4) is 0 Å². The predicted molar refractivity (Wildman–Crippen MR) is 108 cm³/mol. The van der Waals surface area contributed by atoms with Gasteiger partial charge in [-0.25, -0.2) is 0 Å². The molecule has 0 aliphatic rings. The molecule has 0 spiro atoms. The first-order valence-corrected chi connectivity index (χ1v) is 9.07. The Kier molecular flexibility index (Phi) is 6.40. The van der Waals surface area contributed by atoms with Crippen LogP contribution in [-0.2, 0) is 16.1 Å². The number of benzene rings is 2. The van der Waals surface area contributed by atoms with Crippen molar-refractivity contribution in [1.29, 1.82) is 0 Å². The molecule has 0 bridgehead atoms. The highest BCUT2D eigenvalue weighted by Gasteiger charge is 2.12. The van der Waals surface area contributed by atoms with Crippen molar-refractivity contribution in [3.8, 4) is 17.1 Å². The van der Waals surface area contributed by atoms with Crippen LogP contribution in [0.5, 0.6) is 5.75 Å². The molecule has 1 aromatic heterocycles. The molecule has 150 valence electrons. The van der Waals surface area contributed by atoms with Crippen molar-refractivity contribution < 1.29 is 14.3 Å². The van der Waals surface area contributed by atoms with Gasteiger partial charge in [0.05, 0.1) is 19.3 Å². The summed E-state index contributed by atoms with van der Waals surface area (Å²) in [7, 11) is 1.52. The molecule has 10 heteroatoms. The van der Waals surface area contributed by atoms with Crippen LogP contribution in [0.1, 0.15) is 5.56 Å². The first-order valence-electron chi connectivity index (χ1n) is 8.69. The fraction of sp³-hybridized carbons (Fsp3) is 0.211. The molecule has 1 heterocycles. The Morgan fingerprint density at radius 1 is 1.14 bits per heavy atom. The monoisotopic (exact) mass is 414 g/mol. The number of hydrogen-bond acceptors (Lipinski definition) is 6. The molecule has 2 N–H and O–H groups in total. The topological polar surface area (TPSA) is 111 Å². The van der Waals surface area contributed by atoms with Crippen molar-refractivity contribution in [3.63, 3.8) is 0 Å². The predicted octanol–water partition coefficient (Wildman–Crippen LogP) is 2.07. The molecule has 29 heavy (non-hydrogen) atoms. The summed E-state index contributed by atoms with van der Waals surface area (Å²) in [4.78, 5) is 25.4. The summed E-state index contributed by atoms with van der Waals surface area (Å²) < 4.78 is 5.21. The second-order valence-corrected chi connectivity index (χ2v) is 6.62. The van der Waals surface area contributed by atoms with E-state index in [-0.39, 0.29) is 19.0 Å². The highest BCUT2D eigenvalue weighted by atomic mass is 35.5. The van der Waals surface area contributed by atoms with Gasteiger partial charge in [-0.05, 0) is 54.1 Å². The molecule has 2 amide bonds. The Labute approximate surface area is 172 Å². The van der Waals surface area contributed by atoms with E-state index < -0.39 is 5.91 Å². The van der Waals surface area contributed by atoms with Gasteiger partial charge in [0.1, 0.15) is 12.3 Å². The van der Waals surface area contributed by atoms with E-state index in [1.54, 1.807) is 36.4 Å². The largest absolute Gasteiger partial charge is 0.495 e. The molecule has 0 fully saturated rings. The van der Waals surface area contributed by atoms with Gasteiger partial charge in [-0.2, -0.15) is 4.80 Å². The Balaban J connectivity index is 1.52. The lowest BCUT2D eigenvalue weighted by molar-refractivity contribution is -0.124. The van der Waals surface area contributed by atoms with Gasteiger partial charge in [0, 0.05) is 10.6 Å². The van der Waals surface area contributed by atoms with Gasteiger partial charge in [0.15, 0.2) is 0 Å². The average molecular weight is 415 g/mol. The third-order valence-electron chi connectivity index (χ3n) is 3.92. The number of aryl methyl sites for hydroxylation is 1. The van der Waals surface area contributed by atoms with Crippen LogP contribution >= 0.6 is 11.6 Å². The molecular weight excluding hydrogens is 396 g/mol. The van der Waals surface area contributed by atoms with Gasteiger partial charge < -0.3 is 15.4 Å². The van der Waals surface area contributed by atoms with E-state index in [4.69, 9.17) is 16.3 Å². The summed E-state index contributed by atoms with van der Waals surface area (Å²) in [5, 5.41) is 17.7. The van der Waals surface area contributed by atoms with E-state index in [1.807, 2.05) is 13.0 Å². The molecule has 0 aliphatic carbocycles. The maximum atomic E-state index is 12.1. The first kappa shape index (κ1) is 20.3. The van der Waals surface area contributed by atoms with Gasteiger partial charge in [-0.3, -0.25) is 9.59 Å². The third kappa shape index (κ3) is 5.52. The summed E-state index contributed by atoms with van der Waals surface area (Å²) in [6.45, 7) is 1.54. The lowest BCUT2D eigenvalue weighted by atomic mass is 10.2. The van der Waals surface area contributed by atoms with Crippen LogP contribution < -0.4 is 15.4 Å². The number of methoxy groups -OCH3 is 1. The average Bonchev–Trinajstić information content (AvgIpc) is 3.15. The van der Waals surface area contributed by atoms with Crippen LogP contribution in [0.25, 0.3) is 11.4 Å². The molecule has 3 rings (SSSR count). The van der Waals surface area contributed by atoms with Crippen LogP contribution in [-0.4, -0.2) is 45.7 Å². The summed E-state index contributed by atoms with van der Waals surface area (Å²) in [5.41, 5.74) is 2.24. The van der Waals surface area contributed by atoms with Gasteiger partial charge in [0.25, 0.3) is 0 Å². The normalized spacial score (nSPS) is 10.4. The van der Waals surface area contributed by atoms with E-state index in [1.165, 1.54) is 7.11 Å². The fourth-order valence-electron chi connectivity index (χ4n) is 2.50. The highest BCUT2D eigenvalue weighted by molar-refractivity contribution is 6.30. The summed E-state index contributed by atoms with van der Waals surface area (Å²) in [5.74, 6) is 0.114. The number of hydrogen-bond donors (Lipinski definition) is 2. The maximum absolute atomic E-state index is 12.1. The Bertz CT molecular complexity index is 1020. The quantitative estimate of drug-likeness (QED) is 0.612. The zero-order valence-corrected chi connectivity index (χ0v) is 16.6. The molecule has 9 nitrogen and oxygen atoms in total. The smallest absolute Gasteiger partial charge is 0.244 e. The standard InChI is InChI=1S/C19H19ClN6O3/c1-12-3-8-16(29-2)15(9-12)22-17(27)10-21-18(28)11-26-24-19(23-25-26)13-4-6-14(20)7-5-13/h3-9H,10-11H2,1-2H3,(H,21,28)(H,22,27). The molecule has 0 atom stereocenters. The molecule has 0 aliphatic heterocycles. The van der Waals surface area contributed by atoms with Crippen molar-refractivity contribution >= 4 is 29.1 Å². The molecular formula is C19H19ClN6O3. The molecule has 0 radical (unpaired) electrons. The SMILES string of the molecule is COc1ccc(C)cc1NC(=O)CNC(=O)Cn1nnc(-c2ccc(Cl)cc2)n1. The van der Waals surface area contributed by atoms with Crippen molar-refractivity contribution in [2.45, 2.75) is 13.5 Å². The zero-order chi connectivity index (χ0) is 20.8. The van der Waals surface area contributed by atoms with Crippen molar-refractivity contribution in [3.05, 3.63) is 53.1 Å². The number of amides is 2. The number of nitrogens with one attached hydrogen (secondary N) is 2. The summed E-state index contributed by atoms with van der Waals surface area (Å²) in [6.07, 6.45) is 0. The zero-order valence-electron chi connectivity index (χ0n) is 15.8. The minimum Gasteiger partial charge on any atom is -0.495 e. The van der Waals surface area contributed by atoms with E-state index in [2.05, 4.69) is 26.0 Å². The number of halogens is 1. The van der Waals surface area contributed by atoms with E-state index in [0.717, 1.165) is 15.9 Å². The minimum atomic E-state index is -0.420. The number of rotatable bonds is 7. The van der Waals surface area contributed by atoms with Gasteiger partial charge in [-0.1, -0.05) is 17.7 Å². The van der Waals surface area contributed by atoms with Gasteiger partial charge in [-0.15, -0.1) is 10.2 Å². The van der Waals surface area contributed by atoms with Crippen LogP contribution in [0.2, 0.25) is 5.02 Å². The van der Waals surface area contributed by atoms with Crippen LogP contribution in [0.15, 0.2) is 42.5 Å². The molecule has 0 saturated heterocycles. The highest BCUT2D eigenvalue weighted by Crippen LogP contribution is 2.24. The first-order chi connectivity index (χ1) is 13.9. The van der Waals surface area contributed by atoms with Crippen LogP contribution in [0.4, 0.5) is 5.69 Å². The summed E-state index contributed by atoms with van der Waals surface area (Å²) >= 11 is 5.85. The lowest BCUT2D eigenvalue weighted by Crippen LogP contribution is -2.35. The van der Waals surface area contributed by atoms with Crippen molar-refractivity contribution in [2.24, 2.45) is 0 Å². The Morgan fingerprint density at radius 2 is 1.90 bits per heavy atom. The van der Waals surface area contributed by atoms with Gasteiger partial charge >= 0.3 is 0 Å². The van der Waals surface area contributed by atoms with Crippen LogP contribution in [0, 0.1) is 6.92 Å². The Hall–Kier alpha value is -3.46. The fourth-order valence-corrected chi connectivity index (χ4v) is 2.63. The second kappa shape index (κ2) is 9.16. The number of tetrazole rings is 1. The Morgan fingerprint density at radius 3 is 2.62 bits per heavy atom. The van der Waals surface area contributed by atoms with E-state index in [0.29, 0.717) is 22.3 Å². The minimum absolute atomic E-state index is 0.165. The lowest BCUT2D eigenvalue weighted by Gasteiger charge is -2.11. The van der Waals surface area contributed by atoms with Crippen molar-refractivity contribution in [2.75, 3.05) is 19.0 Å². The molecule has 0 saturated carbocycles. The number of ether oxygens (including phenoxy) is 1. The molecule has 0 unspecified atom stereocenters. The third-order valence-corrected chi connectivity index (χ3v) is 4.17. The molecule has 3 aromatic rings. The number of carbonyl (C=O) groups is 2. The number of anilines is 1. The maximum Gasteiger partial charge on any atom is 0.244 e. The van der Waals surface area contributed by atoms with Gasteiger partial charge in [0.2, 0.25) is 17.6 Å². The van der Waals surface area contributed by atoms with Crippen molar-refractivity contribution in [1.82, 2.24) is 25.5 Å². The summed E-state index contributed by atoms with van der Waals surface area (Å²) in [6, 6.07) is 12.4. The van der Waals surface area contributed by atoms with E-state index >= 15 is 0 Å². The molecule has 2 aromatic carbocycles. The number of carbonyl (C=O) groups excluding carboxylic acids is 2.